The molecule has 2 fully saturated rings. The summed E-state index contributed by atoms with van der Waals surface area (Å²) in [5, 5.41) is 3.79. The third-order valence-electron chi connectivity index (χ3n) is 8.58. The number of anilines is 2. The fraction of sp³-hybridized carbons (Fsp3) is 0.324. The Morgan fingerprint density at radius 3 is 2.52 bits per heavy atom. The average molecular weight is 581 g/mol. The maximum absolute atomic E-state index is 12.6. The molecule has 7 nitrogen and oxygen atoms in total. The third-order valence-corrected chi connectivity index (χ3v) is 9.66. The van der Waals surface area contributed by atoms with E-state index in [2.05, 4.69) is 81.6 Å². The van der Waals surface area contributed by atoms with E-state index in [1.54, 1.807) is 17.8 Å². The topological polar surface area (TPSA) is 69.8 Å². The number of nitrogens with zero attached hydrogens (tertiary/aromatic N) is 2. The van der Waals surface area contributed by atoms with Gasteiger partial charge in [-0.05, 0) is 61.7 Å². The summed E-state index contributed by atoms with van der Waals surface area (Å²) < 4.78 is 12.0. The zero-order valence-corrected chi connectivity index (χ0v) is 24.7. The van der Waals surface area contributed by atoms with Crippen LogP contribution < -0.4 is 20.5 Å². The molecule has 0 amide bonds. The summed E-state index contributed by atoms with van der Waals surface area (Å²) in [6.45, 7) is 7.37. The molecule has 0 radical (unpaired) electrons. The molecule has 0 aliphatic carbocycles. The van der Waals surface area contributed by atoms with Crippen molar-refractivity contribution in [3.63, 3.8) is 0 Å². The number of hydrogen-bond donors (Lipinski definition) is 2. The van der Waals surface area contributed by atoms with Crippen molar-refractivity contribution in [2.24, 2.45) is 0 Å². The van der Waals surface area contributed by atoms with Crippen molar-refractivity contribution in [2.75, 3.05) is 49.6 Å². The van der Waals surface area contributed by atoms with Crippen LogP contribution >= 0.6 is 11.8 Å². The average Bonchev–Trinajstić information content (AvgIpc) is 3.04. The Morgan fingerprint density at radius 2 is 1.71 bits per heavy atom. The maximum atomic E-state index is 12.6. The second-order valence-electron chi connectivity index (χ2n) is 11.3. The number of pyridine rings is 1. The van der Waals surface area contributed by atoms with Crippen LogP contribution in [0.1, 0.15) is 31.4 Å². The summed E-state index contributed by atoms with van der Waals surface area (Å²) in [6, 6.07) is 27.9. The number of para-hydroxylation sites is 1. The van der Waals surface area contributed by atoms with Crippen molar-refractivity contribution < 1.29 is 9.47 Å². The number of morpholine rings is 1. The monoisotopic (exact) mass is 580 g/mol. The van der Waals surface area contributed by atoms with E-state index < -0.39 is 0 Å². The predicted molar refractivity (Wildman–Crippen MR) is 169 cm³/mol. The standard InChI is InChI=1S/C34H36N4O3S/c1-23(24-6-3-2-4-7-24)37-14-12-25(13-15-37)35-26-10-11-30-32(20-26)42-31-9-5-8-28(34(31)41-30)29-21-27(22-33(39)36-29)38-16-18-40-19-17-38/h2-11,20-23,25,35H,12-19H2,1H3,(H,36,39). The van der Waals surface area contributed by atoms with Crippen molar-refractivity contribution in [3.05, 3.63) is 94.8 Å². The molecule has 4 aromatic rings. The van der Waals surface area contributed by atoms with E-state index in [0.29, 0.717) is 25.3 Å². The lowest BCUT2D eigenvalue weighted by Gasteiger charge is -2.37. The van der Waals surface area contributed by atoms with Gasteiger partial charge in [-0.3, -0.25) is 9.69 Å². The fourth-order valence-corrected chi connectivity index (χ4v) is 7.22. The van der Waals surface area contributed by atoms with Crippen LogP contribution in [0, 0.1) is 0 Å². The highest BCUT2D eigenvalue weighted by Crippen LogP contribution is 2.51. The first kappa shape index (κ1) is 27.1. The van der Waals surface area contributed by atoms with Crippen LogP contribution in [0.4, 0.5) is 11.4 Å². The zero-order chi connectivity index (χ0) is 28.5. The number of aromatic nitrogens is 1. The van der Waals surface area contributed by atoms with Gasteiger partial charge in [0, 0.05) is 61.3 Å². The van der Waals surface area contributed by atoms with Crippen molar-refractivity contribution in [1.29, 1.82) is 0 Å². The lowest BCUT2D eigenvalue weighted by molar-refractivity contribution is 0.122. The third kappa shape index (κ3) is 5.67. The summed E-state index contributed by atoms with van der Waals surface area (Å²) in [7, 11) is 0. The second-order valence-corrected chi connectivity index (χ2v) is 12.3. The Kier molecular flexibility index (Phi) is 7.67. The normalized spacial score (nSPS) is 18.1. The number of H-pyrrole nitrogens is 1. The van der Waals surface area contributed by atoms with E-state index in [4.69, 9.17) is 9.47 Å². The number of aromatic amines is 1. The quantitative estimate of drug-likeness (QED) is 0.230. The highest BCUT2D eigenvalue weighted by atomic mass is 32.2. The molecule has 2 N–H and O–H groups in total. The Labute approximate surface area is 250 Å². The van der Waals surface area contributed by atoms with Gasteiger partial charge in [0.2, 0.25) is 5.56 Å². The molecular formula is C34H36N4O3S. The fourth-order valence-electron chi connectivity index (χ4n) is 6.19. The number of likely N-dealkylation sites (tertiary alicyclic amines) is 1. The summed E-state index contributed by atoms with van der Waals surface area (Å²) in [5.74, 6) is 1.62. The molecule has 3 aliphatic rings. The molecule has 1 unspecified atom stereocenters. The van der Waals surface area contributed by atoms with Crippen LogP contribution in [0.15, 0.2) is 93.4 Å². The van der Waals surface area contributed by atoms with Crippen molar-refractivity contribution in [2.45, 2.75) is 41.6 Å². The van der Waals surface area contributed by atoms with E-state index in [9.17, 15) is 4.79 Å². The maximum Gasteiger partial charge on any atom is 0.250 e. The molecule has 0 saturated carbocycles. The molecule has 0 bridgehead atoms. The highest BCUT2D eigenvalue weighted by molar-refractivity contribution is 7.99. The molecule has 8 heteroatoms. The molecule has 0 spiro atoms. The van der Waals surface area contributed by atoms with Gasteiger partial charge in [-0.25, -0.2) is 0 Å². The van der Waals surface area contributed by atoms with Gasteiger partial charge in [-0.1, -0.05) is 48.2 Å². The van der Waals surface area contributed by atoms with Gasteiger partial charge in [-0.2, -0.15) is 0 Å². The first-order valence-electron chi connectivity index (χ1n) is 14.9. The minimum atomic E-state index is -0.119. The van der Waals surface area contributed by atoms with E-state index >= 15 is 0 Å². The molecule has 216 valence electrons. The summed E-state index contributed by atoms with van der Waals surface area (Å²) in [6.07, 6.45) is 2.23. The van der Waals surface area contributed by atoms with Gasteiger partial charge < -0.3 is 24.7 Å². The van der Waals surface area contributed by atoms with Crippen molar-refractivity contribution >= 4 is 23.1 Å². The van der Waals surface area contributed by atoms with Crippen LogP contribution in [-0.4, -0.2) is 55.3 Å². The van der Waals surface area contributed by atoms with Crippen LogP contribution in [0.3, 0.4) is 0 Å². The number of fused-ring (bicyclic) bond motifs is 2. The summed E-state index contributed by atoms with van der Waals surface area (Å²) in [5.41, 5.74) is 4.95. The van der Waals surface area contributed by atoms with Crippen LogP contribution in [0.25, 0.3) is 11.3 Å². The number of hydrogen-bond acceptors (Lipinski definition) is 7. The highest BCUT2D eigenvalue weighted by Gasteiger charge is 2.26. The number of piperidine rings is 1. The lowest BCUT2D eigenvalue weighted by Crippen LogP contribution is -2.40. The molecular weight excluding hydrogens is 544 g/mol. The summed E-state index contributed by atoms with van der Waals surface area (Å²) in [4.78, 5) is 22.6. The molecule has 1 aromatic heterocycles. The van der Waals surface area contributed by atoms with Gasteiger partial charge >= 0.3 is 0 Å². The predicted octanol–water partition coefficient (Wildman–Crippen LogP) is 6.77. The minimum absolute atomic E-state index is 0.119. The lowest BCUT2D eigenvalue weighted by atomic mass is 10.00. The van der Waals surface area contributed by atoms with Crippen LogP contribution in [0.5, 0.6) is 11.5 Å². The zero-order valence-electron chi connectivity index (χ0n) is 23.8. The molecule has 7 rings (SSSR count). The molecule has 3 aromatic carbocycles. The molecule has 3 aliphatic heterocycles. The van der Waals surface area contributed by atoms with Gasteiger partial charge in [-0.15, -0.1) is 0 Å². The second kappa shape index (κ2) is 11.9. The number of nitrogens with one attached hydrogen (secondary N) is 2. The SMILES string of the molecule is CC(c1ccccc1)N1CCC(Nc2ccc3c(c2)Sc2cccc(-c4cc(N5CCOCC5)cc(=O)[nH]4)c2O3)CC1. The smallest absolute Gasteiger partial charge is 0.250 e. The number of rotatable bonds is 6. The van der Waals surface area contributed by atoms with Crippen LogP contribution in [0.2, 0.25) is 0 Å². The van der Waals surface area contributed by atoms with E-state index in [-0.39, 0.29) is 5.56 Å². The van der Waals surface area contributed by atoms with Gasteiger partial charge in [0.15, 0.2) is 5.75 Å². The first-order chi connectivity index (χ1) is 20.6. The van der Waals surface area contributed by atoms with Crippen molar-refractivity contribution in [1.82, 2.24) is 9.88 Å². The van der Waals surface area contributed by atoms with Gasteiger partial charge in [0.05, 0.1) is 28.7 Å². The molecule has 42 heavy (non-hydrogen) atoms. The number of ether oxygens (including phenoxy) is 2. The Bertz CT molecular complexity index is 1610. The van der Waals surface area contributed by atoms with E-state index in [1.807, 2.05) is 18.2 Å². The first-order valence-corrected chi connectivity index (χ1v) is 15.7. The number of benzene rings is 3. The minimum Gasteiger partial charge on any atom is -0.454 e. The Hall–Kier alpha value is -3.72. The van der Waals surface area contributed by atoms with Gasteiger partial charge in [0.25, 0.3) is 0 Å². The molecule has 1 atom stereocenters. The summed E-state index contributed by atoms with van der Waals surface area (Å²) >= 11 is 1.71. The van der Waals surface area contributed by atoms with Gasteiger partial charge in [0.1, 0.15) is 5.75 Å². The molecule has 2 saturated heterocycles. The van der Waals surface area contributed by atoms with E-state index in [0.717, 1.165) is 82.9 Å². The van der Waals surface area contributed by atoms with Crippen LogP contribution in [-0.2, 0) is 4.74 Å². The molecule has 4 heterocycles. The van der Waals surface area contributed by atoms with E-state index in [1.165, 1.54) is 5.56 Å². The van der Waals surface area contributed by atoms with Crippen molar-refractivity contribution in [3.8, 4) is 22.8 Å². The largest absolute Gasteiger partial charge is 0.454 e. The Morgan fingerprint density at radius 1 is 0.905 bits per heavy atom. The Balaban J connectivity index is 1.05.